The highest BCUT2D eigenvalue weighted by atomic mass is 127. The Morgan fingerprint density at radius 3 is 2.41 bits per heavy atom. The molecule has 5 nitrogen and oxygen atoms in total. The third kappa shape index (κ3) is 5.31. The topological polar surface area (TPSA) is 75.6 Å². The fraction of sp³-hybridized carbons (Fsp3) is 0.467. The van der Waals surface area contributed by atoms with Crippen LogP contribution >= 0.6 is 34.2 Å². The van der Waals surface area contributed by atoms with E-state index < -0.39 is 23.2 Å². The Bertz CT molecular complexity index is 585. The van der Waals surface area contributed by atoms with Crippen LogP contribution in [0, 0.1) is 3.57 Å². The van der Waals surface area contributed by atoms with Crippen LogP contribution in [0.3, 0.4) is 0 Å². The van der Waals surface area contributed by atoms with Crippen LogP contribution in [-0.2, 0) is 15.1 Å². The molecule has 0 aliphatic rings. The summed E-state index contributed by atoms with van der Waals surface area (Å²) in [6.07, 6.45) is -1.00. The molecule has 0 aromatic heterocycles. The van der Waals surface area contributed by atoms with E-state index in [4.69, 9.17) is 16.3 Å². The van der Waals surface area contributed by atoms with Gasteiger partial charge in [0.2, 0.25) is 0 Å². The predicted molar refractivity (Wildman–Crippen MR) is 93.1 cm³/mol. The first kappa shape index (κ1) is 19.0. The van der Waals surface area contributed by atoms with Crippen molar-refractivity contribution < 1.29 is 19.4 Å². The van der Waals surface area contributed by atoms with Crippen LogP contribution < -0.4 is 5.32 Å². The zero-order valence-corrected chi connectivity index (χ0v) is 15.8. The fourth-order valence-electron chi connectivity index (χ4n) is 1.97. The van der Waals surface area contributed by atoms with Crippen molar-refractivity contribution in [3.05, 3.63) is 32.4 Å². The van der Waals surface area contributed by atoms with Gasteiger partial charge in [-0.25, -0.2) is 4.79 Å². The van der Waals surface area contributed by atoms with Gasteiger partial charge in [0, 0.05) is 3.57 Å². The van der Waals surface area contributed by atoms with Gasteiger partial charge in [0.1, 0.15) is 5.60 Å². The Balaban J connectivity index is 3.18. The summed E-state index contributed by atoms with van der Waals surface area (Å²) in [5.74, 6) is -1.05. The van der Waals surface area contributed by atoms with Crippen molar-refractivity contribution in [2.45, 2.75) is 45.3 Å². The zero-order valence-electron chi connectivity index (χ0n) is 12.9. The van der Waals surface area contributed by atoms with Crippen LogP contribution in [0.25, 0.3) is 0 Å². The van der Waals surface area contributed by atoms with E-state index in [1.807, 2.05) is 0 Å². The van der Waals surface area contributed by atoms with Crippen molar-refractivity contribution in [3.63, 3.8) is 0 Å². The van der Waals surface area contributed by atoms with Crippen LogP contribution in [0.1, 0.15) is 39.7 Å². The van der Waals surface area contributed by atoms with E-state index in [0.29, 0.717) is 10.6 Å². The number of carboxylic acids is 1. The van der Waals surface area contributed by atoms with Gasteiger partial charge in [0.25, 0.3) is 0 Å². The monoisotopic (exact) mass is 439 g/mol. The smallest absolute Gasteiger partial charge is 0.408 e. The molecule has 2 N–H and O–H groups in total. The lowest BCUT2D eigenvalue weighted by molar-refractivity contribution is -0.138. The van der Waals surface area contributed by atoms with E-state index in [1.165, 1.54) is 0 Å². The zero-order chi connectivity index (χ0) is 17.1. The Kier molecular flexibility index (Phi) is 6.09. The van der Waals surface area contributed by atoms with E-state index >= 15 is 0 Å². The van der Waals surface area contributed by atoms with Crippen molar-refractivity contribution >= 4 is 46.3 Å². The summed E-state index contributed by atoms with van der Waals surface area (Å²) in [7, 11) is 0. The van der Waals surface area contributed by atoms with Crippen LogP contribution in [0.4, 0.5) is 4.79 Å². The first-order valence-corrected chi connectivity index (χ1v) is 8.08. The molecule has 1 aromatic carbocycles. The number of alkyl carbamates (subject to hydrolysis) is 1. The second-order valence-corrected chi connectivity index (χ2v) is 7.67. The Hall–Kier alpha value is -1.02. The number of amides is 1. The molecule has 22 heavy (non-hydrogen) atoms. The molecule has 0 fully saturated rings. The third-order valence-electron chi connectivity index (χ3n) is 2.83. The summed E-state index contributed by atoms with van der Waals surface area (Å²) in [6, 6.07) is 5.27. The number of rotatable bonds is 4. The van der Waals surface area contributed by atoms with Gasteiger partial charge in [-0.3, -0.25) is 4.79 Å². The number of carbonyl (C=O) groups is 2. The maximum Gasteiger partial charge on any atom is 0.408 e. The molecule has 1 aromatic rings. The summed E-state index contributed by atoms with van der Waals surface area (Å²) < 4.78 is 6.00. The molecule has 7 heteroatoms. The van der Waals surface area contributed by atoms with Gasteiger partial charge in [-0.1, -0.05) is 23.7 Å². The van der Waals surface area contributed by atoms with Crippen LogP contribution in [0.15, 0.2) is 18.2 Å². The molecule has 1 atom stereocenters. The first-order chi connectivity index (χ1) is 9.94. The maximum atomic E-state index is 12.1. The summed E-state index contributed by atoms with van der Waals surface area (Å²) in [4.78, 5) is 23.3. The molecule has 1 rings (SSSR count). The maximum absolute atomic E-state index is 12.1. The number of carboxylic acid groups (broad SMARTS) is 1. The van der Waals surface area contributed by atoms with E-state index in [-0.39, 0.29) is 6.42 Å². The summed E-state index contributed by atoms with van der Waals surface area (Å²) >= 11 is 8.34. The van der Waals surface area contributed by atoms with Gasteiger partial charge >= 0.3 is 12.1 Å². The van der Waals surface area contributed by atoms with E-state index in [0.717, 1.165) is 3.57 Å². The SMILES string of the molecule is CC(C)(C)OC(=O)NC(C)(CC(=O)O)c1cccc(I)c1Cl. The van der Waals surface area contributed by atoms with Gasteiger partial charge in [-0.05, 0) is 61.9 Å². The Morgan fingerprint density at radius 2 is 1.91 bits per heavy atom. The molecule has 0 radical (unpaired) electrons. The Labute approximate surface area is 148 Å². The minimum atomic E-state index is -1.17. The lowest BCUT2D eigenvalue weighted by Gasteiger charge is -2.32. The van der Waals surface area contributed by atoms with Crippen LogP contribution in [0.5, 0.6) is 0 Å². The highest BCUT2D eigenvalue weighted by molar-refractivity contribution is 14.1. The largest absolute Gasteiger partial charge is 0.481 e. The molecule has 1 amide bonds. The van der Waals surface area contributed by atoms with Crippen LogP contribution in [0.2, 0.25) is 5.02 Å². The number of carbonyl (C=O) groups excluding carboxylic acids is 1. The standard InChI is InChI=1S/C15H19ClINO4/c1-14(2,3)22-13(21)18-15(4,8-11(19)20)9-6-5-7-10(17)12(9)16/h5-7H,8H2,1-4H3,(H,18,21)(H,19,20). The third-order valence-corrected chi connectivity index (χ3v) is 4.45. The number of hydrogen-bond donors (Lipinski definition) is 2. The summed E-state index contributed by atoms with van der Waals surface area (Å²) in [5.41, 5.74) is -1.32. The number of benzene rings is 1. The fourth-order valence-corrected chi connectivity index (χ4v) is 2.80. The quantitative estimate of drug-likeness (QED) is 0.691. The average Bonchev–Trinajstić information content (AvgIpc) is 2.28. The van der Waals surface area contributed by atoms with Gasteiger partial charge in [-0.15, -0.1) is 0 Å². The Morgan fingerprint density at radius 1 is 1.32 bits per heavy atom. The van der Waals surface area contributed by atoms with Crippen molar-refractivity contribution in [3.8, 4) is 0 Å². The van der Waals surface area contributed by atoms with Gasteiger partial charge < -0.3 is 15.2 Å². The number of aliphatic carboxylic acids is 1. The first-order valence-electron chi connectivity index (χ1n) is 6.62. The van der Waals surface area contributed by atoms with Gasteiger partial charge in [0.05, 0.1) is 17.0 Å². The summed E-state index contributed by atoms with van der Waals surface area (Å²) in [5, 5.41) is 12.2. The van der Waals surface area contributed by atoms with E-state index in [1.54, 1.807) is 45.9 Å². The molecule has 0 heterocycles. The number of nitrogens with one attached hydrogen (secondary N) is 1. The van der Waals surface area contributed by atoms with Crippen molar-refractivity contribution in [2.75, 3.05) is 0 Å². The van der Waals surface area contributed by atoms with Crippen LogP contribution in [-0.4, -0.2) is 22.8 Å². The molecular weight excluding hydrogens is 421 g/mol. The molecule has 0 spiro atoms. The highest BCUT2D eigenvalue weighted by Gasteiger charge is 2.35. The average molecular weight is 440 g/mol. The lowest BCUT2D eigenvalue weighted by Crippen LogP contribution is -2.47. The van der Waals surface area contributed by atoms with Crippen molar-refractivity contribution in [1.82, 2.24) is 5.32 Å². The van der Waals surface area contributed by atoms with E-state index in [9.17, 15) is 14.7 Å². The van der Waals surface area contributed by atoms with Gasteiger partial charge in [-0.2, -0.15) is 0 Å². The second kappa shape index (κ2) is 7.04. The summed E-state index contributed by atoms with van der Waals surface area (Å²) in [6.45, 7) is 6.82. The number of halogens is 2. The molecule has 0 saturated heterocycles. The van der Waals surface area contributed by atoms with Crippen molar-refractivity contribution in [2.24, 2.45) is 0 Å². The predicted octanol–water partition coefficient (Wildman–Crippen LogP) is 4.16. The number of hydrogen-bond acceptors (Lipinski definition) is 3. The molecule has 0 aliphatic carbocycles. The second-order valence-electron chi connectivity index (χ2n) is 6.13. The lowest BCUT2D eigenvalue weighted by atomic mass is 9.88. The molecule has 0 saturated carbocycles. The van der Waals surface area contributed by atoms with E-state index in [2.05, 4.69) is 27.9 Å². The molecule has 1 unspecified atom stereocenters. The van der Waals surface area contributed by atoms with Gasteiger partial charge in [0.15, 0.2) is 0 Å². The minimum absolute atomic E-state index is 0.313. The molecule has 122 valence electrons. The highest BCUT2D eigenvalue weighted by Crippen LogP contribution is 2.34. The molecule has 0 aliphatic heterocycles. The minimum Gasteiger partial charge on any atom is -0.481 e. The van der Waals surface area contributed by atoms with Crippen molar-refractivity contribution in [1.29, 1.82) is 0 Å². The number of ether oxygens (including phenoxy) is 1. The molecular formula is C15H19ClINO4. The normalized spacial score (nSPS) is 14.1. The molecule has 0 bridgehead atoms.